The standard InChI is InChI=1S/C30H27F6N3O2.C12H13F3N2O3/c1-4-39-23-9-8-17(10-20(23)14-24(39)19-6-5-7-21(13-19)30(34,35)36)12-25(40)22-11-18(15-37-26(22)27(31)32)16-38-28(41)29(2,3)33;1-12(2,15)11(20)17-5-6-3-7(10(18)19)8(9(13)14)16-4-6/h5-11,13-15,27H,4,12,16H2,1-3H3,(H,38,41);3-4,9H,5H2,1-2H3,(H,17,20)(H,18,19). The quantitative estimate of drug-likeness (QED) is 0.0746. The van der Waals surface area contributed by atoms with Gasteiger partial charge in [-0.2, -0.15) is 13.2 Å². The van der Waals surface area contributed by atoms with E-state index in [1.54, 1.807) is 30.3 Å². The van der Waals surface area contributed by atoms with Crippen molar-refractivity contribution in [1.29, 1.82) is 0 Å². The molecule has 0 atom stereocenters. The lowest BCUT2D eigenvalue weighted by Gasteiger charge is -2.15. The average Bonchev–Trinajstić information content (AvgIpc) is 3.55. The van der Waals surface area contributed by atoms with Gasteiger partial charge in [-0.25, -0.2) is 31.1 Å². The van der Waals surface area contributed by atoms with Gasteiger partial charge in [-0.3, -0.25) is 24.4 Å². The van der Waals surface area contributed by atoms with Crippen LogP contribution in [-0.2, 0) is 41.8 Å². The largest absolute Gasteiger partial charge is 0.478 e. The molecule has 3 heterocycles. The van der Waals surface area contributed by atoms with Crippen molar-refractivity contribution in [3.05, 3.63) is 118 Å². The second-order valence-electron chi connectivity index (χ2n) is 14.6. The van der Waals surface area contributed by atoms with Crippen molar-refractivity contribution in [2.75, 3.05) is 0 Å². The van der Waals surface area contributed by atoms with E-state index in [-0.39, 0.29) is 36.2 Å². The number of Topliss-reactive ketones (excluding diaryl/α,β-unsaturated/α-hetero) is 1. The third-order valence-corrected chi connectivity index (χ3v) is 9.01. The van der Waals surface area contributed by atoms with Gasteiger partial charge in [0.05, 0.1) is 11.1 Å². The highest BCUT2D eigenvalue weighted by Crippen LogP contribution is 2.35. The van der Waals surface area contributed by atoms with Crippen LogP contribution in [0.15, 0.2) is 73.1 Å². The van der Waals surface area contributed by atoms with Crippen LogP contribution in [0, 0.1) is 0 Å². The number of carbonyl (C=O) groups is 4. The first-order valence-corrected chi connectivity index (χ1v) is 18.4. The molecule has 10 nitrogen and oxygen atoms in total. The number of halogens is 9. The maximum Gasteiger partial charge on any atom is 0.416 e. The number of benzene rings is 2. The van der Waals surface area contributed by atoms with Crippen LogP contribution in [0.3, 0.4) is 0 Å². The first-order valence-electron chi connectivity index (χ1n) is 18.4. The Morgan fingerprint density at radius 1 is 0.705 bits per heavy atom. The molecule has 2 aromatic carbocycles. The number of carbonyl (C=O) groups excluding carboxylic acids is 3. The van der Waals surface area contributed by atoms with Crippen LogP contribution in [0.25, 0.3) is 22.2 Å². The van der Waals surface area contributed by atoms with E-state index in [9.17, 15) is 58.7 Å². The van der Waals surface area contributed by atoms with Gasteiger partial charge >= 0.3 is 12.1 Å². The molecule has 0 radical (unpaired) electrons. The minimum Gasteiger partial charge on any atom is -0.478 e. The van der Waals surface area contributed by atoms with Gasteiger partial charge in [-0.15, -0.1) is 0 Å². The molecular weight excluding hydrogens is 825 g/mol. The Morgan fingerprint density at radius 2 is 1.23 bits per heavy atom. The van der Waals surface area contributed by atoms with Crippen LogP contribution in [0.4, 0.5) is 39.5 Å². The summed E-state index contributed by atoms with van der Waals surface area (Å²) in [6.45, 7) is 6.18. The summed E-state index contributed by atoms with van der Waals surface area (Å²) in [4.78, 5) is 54.2. The minimum atomic E-state index is -4.49. The van der Waals surface area contributed by atoms with Crippen LogP contribution >= 0.6 is 0 Å². The highest BCUT2D eigenvalue weighted by molar-refractivity contribution is 5.99. The first-order chi connectivity index (χ1) is 28.3. The van der Waals surface area contributed by atoms with E-state index < -0.39 is 76.4 Å². The molecule has 19 heteroatoms. The monoisotopic (exact) mass is 865 g/mol. The third-order valence-electron chi connectivity index (χ3n) is 9.01. The fourth-order valence-corrected chi connectivity index (χ4v) is 5.90. The predicted molar refractivity (Wildman–Crippen MR) is 205 cm³/mol. The number of carboxylic acid groups (broad SMARTS) is 1. The Balaban J connectivity index is 0.000000344. The molecule has 0 aliphatic heterocycles. The maximum absolute atomic E-state index is 13.8. The second-order valence-corrected chi connectivity index (χ2v) is 14.6. The maximum atomic E-state index is 13.8. The number of ketones is 1. The van der Waals surface area contributed by atoms with E-state index in [0.29, 0.717) is 28.8 Å². The molecule has 3 aromatic heterocycles. The molecule has 5 aromatic rings. The van der Waals surface area contributed by atoms with Crippen LogP contribution in [-0.4, -0.2) is 54.5 Å². The second kappa shape index (κ2) is 19.0. The summed E-state index contributed by atoms with van der Waals surface area (Å²) >= 11 is 0. The molecule has 0 aliphatic rings. The molecule has 61 heavy (non-hydrogen) atoms. The zero-order chi connectivity index (χ0) is 45.6. The Morgan fingerprint density at radius 3 is 1.70 bits per heavy atom. The molecule has 2 amide bonds. The molecule has 0 fully saturated rings. The summed E-state index contributed by atoms with van der Waals surface area (Å²) in [6, 6.07) is 14.0. The van der Waals surface area contributed by atoms with E-state index >= 15 is 0 Å². The van der Waals surface area contributed by atoms with Crippen molar-refractivity contribution >= 4 is 34.5 Å². The minimum absolute atomic E-state index is 0.185. The summed E-state index contributed by atoms with van der Waals surface area (Å²) in [5.74, 6) is -3.99. The average molecular weight is 866 g/mol. The van der Waals surface area contributed by atoms with Crippen molar-refractivity contribution in [2.45, 2.75) is 91.0 Å². The number of alkyl halides is 9. The number of fused-ring (bicyclic) bond motifs is 1. The Bertz CT molecular complexity index is 2420. The number of nitrogens with one attached hydrogen (secondary N) is 2. The smallest absolute Gasteiger partial charge is 0.416 e. The number of nitrogens with zero attached hydrogens (tertiary/aromatic N) is 3. The molecule has 0 spiro atoms. The molecule has 326 valence electrons. The number of hydrogen-bond acceptors (Lipinski definition) is 6. The highest BCUT2D eigenvalue weighted by Gasteiger charge is 2.31. The van der Waals surface area contributed by atoms with Crippen LogP contribution in [0.1, 0.15) is 102 Å². The lowest BCUT2D eigenvalue weighted by atomic mass is 9.99. The van der Waals surface area contributed by atoms with Crippen LogP contribution < -0.4 is 10.6 Å². The predicted octanol–water partition coefficient (Wildman–Crippen LogP) is 9.55. The zero-order valence-electron chi connectivity index (χ0n) is 33.2. The van der Waals surface area contributed by atoms with Gasteiger partial charge in [-0.1, -0.05) is 18.2 Å². The third kappa shape index (κ3) is 12.2. The van der Waals surface area contributed by atoms with Gasteiger partial charge in [0.2, 0.25) is 0 Å². The van der Waals surface area contributed by atoms with Crippen molar-refractivity contribution in [3.8, 4) is 11.3 Å². The number of aromatic carboxylic acids is 1. The molecule has 3 N–H and O–H groups in total. The van der Waals surface area contributed by atoms with E-state index in [2.05, 4.69) is 20.6 Å². The number of aryl methyl sites for hydroxylation is 1. The van der Waals surface area contributed by atoms with E-state index in [4.69, 9.17) is 5.11 Å². The molecule has 0 aliphatic carbocycles. The molecule has 0 bridgehead atoms. The summed E-state index contributed by atoms with van der Waals surface area (Å²) in [6.07, 6.45) is -8.68. The number of amides is 2. The Labute approximate surface area is 343 Å². The number of pyridine rings is 2. The molecule has 0 saturated heterocycles. The van der Waals surface area contributed by atoms with Crippen LogP contribution in [0.2, 0.25) is 0 Å². The van der Waals surface area contributed by atoms with Gasteiger partial charge < -0.3 is 20.3 Å². The van der Waals surface area contributed by atoms with Gasteiger partial charge in [0.1, 0.15) is 11.4 Å². The van der Waals surface area contributed by atoms with E-state index in [0.717, 1.165) is 63.8 Å². The van der Waals surface area contributed by atoms with Crippen molar-refractivity contribution < 1.29 is 63.8 Å². The number of aromatic nitrogens is 3. The Hall–Kier alpha value is -6.27. The summed E-state index contributed by atoms with van der Waals surface area (Å²) in [5.41, 5.74) is -4.92. The SMILES string of the molecule is CC(C)(F)C(=O)NCc1cnc(C(F)F)c(C(=O)O)c1.CCn1c(-c2cccc(C(F)(F)F)c2)cc2cc(CC(=O)c3cc(CNC(=O)C(C)(C)F)cnc3C(F)F)ccc21. The fraction of sp³-hybridized carbons (Fsp3) is 0.333. The number of hydrogen-bond donors (Lipinski definition) is 3. The highest BCUT2D eigenvalue weighted by atomic mass is 19.4. The van der Waals surface area contributed by atoms with Gasteiger partial charge in [0.15, 0.2) is 17.1 Å². The molecule has 5 rings (SSSR count). The summed E-state index contributed by atoms with van der Waals surface area (Å²) in [7, 11) is 0. The normalized spacial score (nSPS) is 12.0. The van der Waals surface area contributed by atoms with Gasteiger partial charge in [0.25, 0.3) is 24.7 Å². The van der Waals surface area contributed by atoms with E-state index in [1.165, 1.54) is 12.1 Å². The van der Waals surface area contributed by atoms with Gasteiger partial charge in [-0.05, 0) is 99.3 Å². The van der Waals surface area contributed by atoms with Gasteiger partial charge in [0, 0.05) is 60.6 Å². The number of rotatable bonds is 14. The number of carboxylic acids is 1. The molecule has 0 saturated carbocycles. The lowest BCUT2D eigenvalue weighted by Crippen LogP contribution is -2.38. The summed E-state index contributed by atoms with van der Waals surface area (Å²) in [5, 5.41) is 14.1. The lowest BCUT2D eigenvalue weighted by molar-refractivity contribution is -0.137. The first kappa shape index (κ1) is 47.4. The van der Waals surface area contributed by atoms with Crippen molar-refractivity contribution in [1.82, 2.24) is 25.2 Å². The Kier molecular flexibility index (Phi) is 14.7. The van der Waals surface area contributed by atoms with Crippen LogP contribution in [0.5, 0.6) is 0 Å². The van der Waals surface area contributed by atoms with Crippen molar-refractivity contribution in [2.24, 2.45) is 0 Å². The zero-order valence-corrected chi connectivity index (χ0v) is 33.2. The molecule has 0 unspecified atom stereocenters. The van der Waals surface area contributed by atoms with E-state index in [1.807, 2.05) is 11.5 Å². The fourth-order valence-electron chi connectivity index (χ4n) is 5.90. The summed E-state index contributed by atoms with van der Waals surface area (Å²) < 4.78 is 121. The topological polar surface area (TPSA) is 143 Å². The van der Waals surface area contributed by atoms with Crippen molar-refractivity contribution in [3.63, 3.8) is 0 Å². The molecular formula is C42H40F9N5O5.